The third kappa shape index (κ3) is 4.16. The first-order chi connectivity index (χ1) is 9.49. The number of nitrogens with one attached hydrogen (secondary N) is 1. The maximum atomic E-state index is 11.4. The van der Waals surface area contributed by atoms with Gasteiger partial charge in [-0.2, -0.15) is 0 Å². The lowest BCUT2D eigenvalue weighted by atomic mass is 10.1. The molecule has 0 radical (unpaired) electrons. The highest BCUT2D eigenvalue weighted by Crippen LogP contribution is 2.20. The monoisotopic (exact) mass is 281 g/mol. The van der Waals surface area contributed by atoms with Gasteiger partial charge in [-0.25, -0.2) is 4.98 Å². The van der Waals surface area contributed by atoms with Crippen molar-refractivity contribution in [3.63, 3.8) is 0 Å². The first-order valence-corrected chi connectivity index (χ1v) is 6.40. The van der Waals surface area contributed by atoms with E-state index in [1.807, 2.05) is 0 Å². The number of hydrogen-bond donors (Lipinski definition) is 3. The molecule has 1 rings (SSSR count). The zero-order valence-corrected chi connectivity index (χ0v) is 11.3. The van der Waals surface area contributed by atoms with Crippen molar-refractivity contribution < 1.29 is 9.72 Å². The Hall–Kier alpha value is -2.22. The van der Waals surface area contributed by atoms with E-state index in [2.05, 4.69) is 17.2 Å². The molecule has 20 heavy (non-hydrogen) atoms. The largest absolute Gasteiger partial charge is 0.365 e. The molecule has 0 aliphatic rings. The Balaban J connectivity index is 2.98. The van der Waals surface area contributed by atoms with Gasteiger partial charge in [0.05, 0.1) is 10.5 Å². The minimum atomic E-state index is -0.769. The molecule has 0 aromatic carbocycles. The van der Waals surface area contributed by atoms with Gasteiger partial charge in [0.25, 0.3) is 11.6 Å². The number of nitrogens with zero attached hydrogens (tertiary/aromatic N) is 2. The summed E-state index contributed by atoms with van der Waals surface area (Å²) in [5.74, 6) is -0.537. The number of nitrogens with two attached hydrogens (primary N) is 2. The first kappa shape index (κ1) is 15.8. The molecule has 1 amide bonds. The molecular weight excluding hydrogens is 262 g/mol. The van der Waals surface area contributed by atoms with Crippen LogP contribution >= 0.6 is 0 Å². The number of hydrogen-bond acceptors (Lipinski definition) is 6. The minimum Gasteiger partial charge on any atom is -0.365 e. The summed E-state index contributed by atoms with van der Waals surface area (Å²) in [4.78, 5) is 25.3. The molecule has 5 N–H and O–H groups in total. The third-order valence-electron chi connectivity index (χ3n) is 2.88. The molecule has 0 spiro atoms. The van der Waals surface area contributed by atoms with Gasteiger partial charge in [-0.05, 0) is 6.42 Å². The van der Waals surface area contributed by atoms with Crippen LogP contribution in [0.15, 0.2) is 12.3 Å². The average molecular weight is 281 g/mol. The smallest absolute Gasteiger partial charge is 0.288 e. The Labute approximate surface area is 116 Å². The topological polar surface area (TPSA) is 137 Å². The number of aromatic nitrogens is 1. The third-order valence-corrected chi connectivity index (χ3v) is 2.88. The van der Waals surface area contributed by atoms with E-state index in [4.69, 9.17) is 11.5 Å². The van der Waals surface area contributed by atoms with Crippen LogP contribution in [-0.4, -0.2) is 28.4 Å². The lowest BCUT2D eigenvalue weighted by Crippen LogP contribution is -2.30. The molecule has 1 aromatic rings. The fourth-order valence-corrected chi connectivity index (χ4v) is 1.75. The van der Waals surface area contributed by atoms with Gasteiger partial charge in [-0.15, -0.1) is 0 Å². The molecule has 110 valence electrons. The number of primary amides is 1. The van der Waals surface area contributed by atoms with Crippen molar-refractivity contribution in [1.29, 1.82) is 0 Å². The SMILES string of the molecule is CCCCC(CN)Nc1ncc([N+](=O)[O-])cc1C(N)=O. The summed E-state index contributed by atoms with van der Waals surface area (Å²) in [7, 11) is 0. The zero-order chi connectivity index (χ0) is 15.1. The molecule has 1 aromatic heterocycles. The van der Waals surface area contributed by atoms with Crippen molar-refractivity contribution in [3.8, 4) is 0 Å². The Morgan fingerprint density at radius 3 is 2.80 bits per heavy atom. The second-order valence-electron chi connectivity index (χ2n) is 4.43. The van der Waals surface area contributed by atoms with Gasteiger partial charge in [0.2, 0.25) is 0 Å². The van der Waals surface area contributed by atoms with Gasteiger partial charge in [-0.3, -0.25) is 14.9 Å². The lowest BCUT2D eigenvalue weighted by molar-refractivity contribution is -0.385. The molecule has 0 saturated carbocycles. The Morgan fingerprint density at radius 2 is 2.30 bits per heavy atom. The molecular formula is C12H19N5O3. The fraction of sp³-hybridized carbons (Fsp3) is 0.500. The van der Waals surface area contributed by atoms with E-state index in [1.165, 1.54) is 0 Å². The molecule has 8 heteroatoms. The summed E-state index contributed by atoms with van der Waals surface area (Å²) in [6, 6.07) is 1.06. The number of anilines is 1. The predicted molar refractivity (Wildman–Crippen MR) is 75.4 cm³/mol. The van der Waals surface area contributed by atoms with Crippen LogP contribution < -0.4 is 16.8 Å². The number of rotatable bonds is 8. The Morgan fingerprint density at radius 1 is 1.60 bits per heavy atom. The number of unbranched alkanes of at least 4 members (excludes halogenated alkanes) is 1. The molecule has 0 aliphatic carbocycles. The van der Waals surface area contributed by atoms with Gasteiger partial charge >= 0.3 is 0 Å². The van der Waals surface area contributed by atoms with Crippen molar-refractivity contribution >= 4 is 17.4 Å². The zero-order valence-electron chi connectivity index (χ0n) is 11.3. The second-order valence-corrected chi connectivity index (χ2v) is 4.43. The predicted octanol–water partition coefficient (Wildman–Crippen LogP) is 1.02. The summed E-state index contributed by atoms with van der Waals surface area (Å²) < 4.78 is 0. The van der Waals surface area contributed by atoms with Gasteiger partial charge in [-0.1, -0.05) is 19.8 Å². The number of nitro groups is 1. The van der Waals surface area contributed by atoms with E-state index in [1.54, 1.807) is 0 Å². The minimum absolute atomic E-state index is 0.00542. The van der Waals surface area contributed by atoms with E-state index in [9.17, 15) is 14.9 Å². The normalized spacial score (nSPS) is 11.9. The molecule has 1 atom stereocenters. The average Bonchev–Trinajstić information content (AvgIpc) is 2.43. The van der Waals surface area contributed by atoms with E-state index in [-0.39, 0.29) is 23.1 Å². The molecule has 0 fully saturated rings. The summed E-state index contributed by atoms with van der Waals surface area (Å²) >= 11 is 0. The number of pyridine rings is 1. The van der Waals surface area contributed by atoms with E-state index in [0.29, 0.717) is 6.54 Å². The van der Waals surface area contributed by atoms with Crippen LogP contribution in [0.2, 0.25) is 0 Å². The summed E-state index contributed by atoms with van der Waals surface area (Å²) in [5, 5.41) is 13.7. The molecule has 1 heterocycles. The van der Waals surface area contributed by atoms with Crippen LogP contribution in [0.3, 0.4) is 0 Å². The highest BCUT2D eigenvalue weighted by Gasteiger charge is 2.18. The maximum absolute atomic E-state index is 11.4. The van der Waals surface area contributed by atoms with Crippen molar-refractivity contribution in [1.82, 2.24) is 4.98 Å². The van der Waals surface area contributed by atoms with Gasteiger partial charge in [0.1, 0.15) is 12.0 Å². The van der Waals surface area contributed by atoms with E-state index in [0.717, 1.165) is 31.5 Å². The van der Waals surface area contributed by atoms with Crippen LogP contribution in [0.1, 0.15) is 36.5 Å². The Bertz CT molecular complexity index is 492. The fourth-order valence-electron chi connectivity index (χ4n) is 1.75. The molecule has 8 nitrogen and oxygen atoms in total. The van der Waals surface area contributed by atoms with E-state index >= 15 is 0 Å². The number of carbonyl (C=O) groups excluding carboxylic acids is 1. The molecule has 0 bridgehead atoms. The van der Waals surface area contributed by atoms with Gasteiger partial charge < -0.3 is 16.8 Å². The summed E-state index contributed by atoms with van der Waals surface area (Å²) in [6.45, 7) is 2.43. The molecule has 1 unspecified atom stereocenters. The van der Waals surface area contributed by atoms with Crippen LogP contribution in [0, 0.1) is 10.1 Å². The van der Waals surface area contributed by atoms with Crippen LogP contribution in [0.4, 0.5) is 11.5 Å². The quantitative estimate of drug-likeness (QED) is 0.480. The maximum Gasteiger partial charge on any atom is 0.288 e. The van der Waals surface area contributed by atoms with Crippen LogP contribution in [0.5, 0.6) is 0 Å². The van der Waals surface area contributed by atoms with Crippen molar-refractivity contribution in [2.75, 3.05) is 11.9 Å². The van der Waals surface area contributed by atoms with Gasteiger partial charge in [0.15, 0.2) is 0 Å². The summed E-state index contributed by atoms with van der Waals surface area (Å²) in [5.41, 5.74) is 10.6. The first-order valence-electron chi connectivity index (χ1n) is 6.40. The molecule has 0 aliphatic heterocycles. The number of carbonyl (C=O) groups is 1. The number of amides is 1. The highest BCUT2D eigenvalue weighted by molar-refractivity contribution is 5.98. The lowest BCUT2D eigenvalue weighted by Gasteiger charge is -2.18. The van der Waals surface area contributed by atoms with Crippen LogP contribution in [-0.2, 0) is 0 Å². The van der Waals surface area contributed by atoms with Crippen molar-refractivity contribution in [3.05, 3.63) is 27.9 Å². The standard InChI is InChI=1S/C12H19N5O3/c1-2-3-4-8(6-13)16-12-10(11(14)18)5-9(7-15-12)17(19)20/h5,7-8H,2-4,6,13H2,1H3,(H2,14,18)(H,15,16). The van der Waals surface area contributed by atoms with Crippen LogP contribution in [0.25, 0.3) is 0 Å². The highest BCUT2D eigenvalue weighted by atomic mass is 16.6. The van der Waals surface area contributed by atoms with E-state index < -0.39 is 10.8 Å². The second kappa shape index (κ2) is 7.39. The molecule has 0 saturated heterocycles. The Kier molecular flexibility index (Phi) is 5.85. The van der Waals surface area contributed by atoms with Crippen molar-refractivity contribution in [2.24, 2.45) is 11.5 Å². The van der Waals surface area contributed by atoms with Crippen molar-refractivity contribution in [2.45, 2.75) is 32.2 Å². The summed E-state index contributed by atoms with van der Waals surface area (Å²) in [6.07, 6.45) is 3.91. The van der Waals surface area contributed by atoms with Gasteiger partial charge in [0, 0.05) is 18.7 Å².